The zero-order valence-corrected chi connectivity index (χ0v) is 29.0. The number of nitrogens with zero attached hydrogens (tertiary/aromatic N) is 3. The Morgan fingerprint density at radius 1 is 0.915 bits per heavy atom. The van der Waals surface area contributed by atoms with Gasteiger partial charge in [0.05, 0.1) is 57.4 Å². The number of carbonyl (C=O) groups excluding carboxylic acids is 1. The Morgan fingerprint density at radius 3 is 2.40 bits per heavy atom. The van der Waals surface area contributed by atoms with Crippen LogP contribution in [0.25, 0.3) is 0 Å². The predicted molar refractivity (Wildman–Crippen MR) is 190 cm³/mol. The molecule has 2 heterocycles. The molecule has 0 aliphatic carbocycles. The fourth-order valence-corrected chi connectivity index (χ4v) is 6.43. The average molecular weight is 642 g/mol. The second-order valence-electron chi connectivity index (χ2n) is 13.6. The van der Waals surface area contributed by atoms with E-state index in [2.05, 4.69) is 56.9 Å². The molecule has 3 aromatic carbocycles. The van der Waals surface area contributed by atoms with Gasteiger partial charge in [-0.1, -0.05) is 52.0 Å². The highest BCUT2D eigenvalue weighted by Crippen LogP contribution is 2.39. The second-order valence-corrected chi connectivity index (χ2v) is 13.6. The van der Waals surface area contributed by atoms with Crippen molar-refractivity contribution in [3.05, 3.63) is 82.4 Å². The Morgan fingerprint density at radius 2 is 1.66 bits per heavy atom. The summed E-state index contributed by atoms with van der Waals surface area (Å²) in [5.41, 5.74) is 8.42. The van der Waals surface area contributed by atoms with Gasteiger partial charge in [-0.2, -0.15) is 0 Å². The Balaban J connectivity index is 1.31. The normalized spacial score (nSPS) is 15.3. The van der Waals surface area contributed by atoms with Gasteiger partial charge in [0.15, 0.2) is 0 Å². The number of anilines is 2. The van der Waals surface area contributed by atoms with Crippen LogP contribution in [0, 0.1) is 5.41 Å². The molecular formula is C39H51N3O5. The van der Waals surface area contributed by atoms with Crippen molar-refractivity contribution in [1.82, 2.24) is 0 Å². The van der Waals surface area contributed by atoms with Crippen molar-refractivity contribution in [1.29, 1.82) is 0 Å². The quantitative estimate of drug-likeness (QED) is 0.159. The first kappa shape index (κ1) is 34.6. The van der Waals surface area contributed by atoms with E-state index in [0.29, 0.717) is 44.3 Å². The summed E-state index contributed by atoms with van der Waals surface area (Å²) in [5.74, 6) is 0.696. The van der Waals surface area contributed by atoms with Gasteiger partial charge in [0.1, 0.15) is 5.75 Å². The van der Waals surface area contributed by atoms with Crippen molar-refractivity contribution in [3.63, 3.8) is 0 Å². The van der Waals surface area contributed by atoms with Crippen LogP contribution in [0.3, 0.4) is 0 Å². The molecule has 8 heteroatoms. The van der Waals surface area contributed by atoms with E-state index in [4.69, 9.17) is 23.9 Å². The lowest BCUT2D eigenvalue weighted by atomic mass is 9.94. The first-order chi connectivity index (χ1) is 22.7. The van der Waals surface area contributed by atoms with E-state index >= 15 is 0 Å². The zero-order chi connectivity index (χ0) is 33.4. The van der Waals surface area contributed by atoms with Crippen LogP contribution in [0.5, 0.6) is 5.75 Å². The van der Waals surface area contributed by atoms with Crippen LogP contribution < -0.4 is 14.5 Å². The second kappa shape index (κ2) is 15.9. The molecular weight excluding hydrogens is 590 g/mol. The number of para-hydroxylation sites is 1. The van der Waals surface area contributed by atoms with E-state index in [9.17, 15) is 4.79 Å². The van der Waals surface area contributed by atoms with Crippen molar-refractivity contribution in [3.8, 4) is 5.75 Å². The van der Waals surface area contributed by atoms with Crippen LogP contribution >= 0.6 is 0 Å². The molecule has 5 rings (SSSR count). The number of carbonyl (C=O) groups is 1. The smallest absolute Gasteiger partial charge is 0.261 e. The summed E-state index contributed by atoms with van der Waals surface area (Å²) in [6, 6.07) is 18.9. The number of hydrogen-bond acceptors (Lipinski definition) is 7. The molecule has 2 aliphatic rings. The summed E-state index contributed by atoms with van der Waals surface area (Å²) in [4.78, 5) is 23.0. The number of benzene rings is 3. The van der Waals surface area contributed by atoms with Gasteiger partial charge in [0.2, 0.25) is 0 Å². The molecule has 3 aromatic rings. The molecule has 0 bridgehead atoms. The lowest BCUT2D eigenvalue weighted by Gasteiger charge is -2.32. The topological polar surface area (TPSA) is 72.8 Å². The zero-order valence-electron chi connectivity index (χ0n) is 29.0. The summed E-state index contributed by atoms with van der Waals surface area (Å²) in [5, 5.41) is 0. The van der Waals surface area contributed by atoms with E-state index in [1.54, 1.807) is 14.2 Å². The van der Waals surface area contributed by atoms with Crippen LogP contribution in [-0.4, -0.2) is 78.5 Å². The van der Waals surface area contributed by atoms with Gasteiger partial charge in [-0.25, -0.2) is 0 Å². The summed E-state index contributed by atoms with van der Waals surface area (Å²) < 4.78 is 22.4. The predicted octanol–water partition coefficient (Wildman–Crippen LogP) is 6.86. The summed E-state index contributed by atoms with van der Waals surface area (Å²) >= 11 is 0. The standard InChI is InChI=1S/C39H51N3O5/c1-7-28-20-29(22-32(21-28)41(27-39(2,3)4)14-15-46-18-19-47-17-16-44-5)12-13-31-24-35-34(25-37(31)45-6)38(43)42-33(26-40-35)23-30-10-8-9-11-36(30)42/h8-11,20-22,24-26,33H,7,12-19,23,27H2,1-6H3/t33-/m0/s1. The number of amides is 1. The third-order valence-corrected chi connectivity index (χ3v) is 8.71. The van der Waals surface area contributed by atoms with Crippen LogP contribution in [0.4, 0.5) is 17.1 Å². The Labute approximate surface area is 280 Å². The van der Waals surface area contributed by atoms with Crippen LogP contribution in [0.15, 0.2) is 59.6 Å². The third kappa shape index (κ3) is 8.80. The number of rotatable bonds is 16. The molecule has 0 aromatic heterocycles. The maximum atomic E-state index is 13.8. The fourth-order valence-electron chi connectivity index (χ4n) is 6.43. The molecule has 47 heavy (non-hydrogen) atoms. The summed E-state index contributed by atoms with van der Waals surface area (Å²) in [7, 11) is 3.35. The van der Waals surface area contributed by atoms with Gasteiger partial charge in [-0.3, -0.25) is 14.7 Å². The van der Waals surface area contributed by atoms with Crippen molar-refractivity contribution in [2.24, 2.45) is 10.4 Å². The van der Waals surface area contributed by atoms with Crippen molar-refractivity contribution < 1.29 is 23.7 Å². The minimum Gasteiger partial charge on any atom is -0.496 e. The lowest BCUT2D eigenvalue weighted by Crippen LogP contribution is -2.37. The van der Waals surface area contributed by atoms with E-state index in [1.807, 2.05) is 41.4 Å². The highest BCUT2D eigenvalue weighted by molar-refractivity contribution is 6.14. The molecule has 0 saturated carbocycles. The Bertz CT molecular complexity index is 1550. The summed E-state index contributed by atoms with van der Waals surface area (Å²) in [6.45, 7) is 13.7. The van der Waals surface area contributed by atoms with E-state index < -0.39 is 0 Å². The van der Waals surface area contributed by atoms with Gasteiger partial charge in [-0.05, 0) is 77.3 Å². The molecule has 0 N–H and O–H groups in total. The number of ether oxygens (including phenoxy) is 4. The van der Waals surface area contributed by atoms with Gasteiger partial charge in [-0.15, -0.1) is 0 Å². The average Bonchev–Trinajstić information content (AvgIpc) is 3.38. The molecule has 1 amide bonds. The first-order valence-corrected chi connectivity index (χ1v) is 16.9. The molecule has 0 unspecified atom stereocenters. The molecule has 0 fully saturated rings. The van der Waals surface area contributed by atoms with Crippen LogP contribution in [0.1, 0.15) is 60.3 Å². The van der Waals surface area contributed by atoms with Crippen molar-refractivity contribution >= 4 is 29.2 Å². The largest absolute Gasteiger partial charge is 0.496 e. The fraction of sp³-hybridized carbons (Fsp3) is 0.487. The molecule has 252 valence electrons. The monoisotopic (exact) mass is 641 g/mol. The highest BCUT2D eigenvalue weighted by atomic mass is 16.5. The minimum atomic E-state index is -0.0763. The number of hydrogen-bond donors (Lipinski definition) is 0. The molecule has 0 saturated heterocycles. The molecule has 2 aliphatic heterocycles. The van der Waals surface area contributed by atoms with Crippen molar-refractivity contribution in [2.45, 2.75) is 59.4 Å². The maximum Gasteiger partial charge on any atom is 0.261 e. The van der Waals surface area contributed by atoms with Gasteiger partial charge in [0, 0.05) is 44.2 Å². The van der Waals surface area contributed by atoms with Crippen LogP contribution in [0.2, 0.25) is 0 Å². The molecule has 8 nitrogen and oxygen atoms in total. The molecule has 1 atom stereocenters. The number of aryl methyl sites for hydroxylation is 3. The van der Waals surface area contributed by atoms with Gasteiger partial charge >= 0.3 is 0 Å². The van der Waals surface area contributed by atoms with E-state index in [1.165, 1.54) is 22.4 Å². The molecule has 0 radical (unpaired) electrons. The highest BCUT2D eigenvalue weighted by Gasteiger charge is 2.36. The maximum absolute atomic E-state index is 13.8. The minimum absolute atomic E-state index is 0.0286. The van der Waals surface area contributed by atoms with Crippen molar-refractivity contribution in [2.75, 3.05) is 70.1 Å². The van der Waals surface area contributed by atoms with Gasteiger partial charge < -0.3 is 23.8 Å². The third-order valence-electron chi connectivity index (χ3n) is 8.71. The Kier molecular flexibility index (Phi) is 11.7. The number of methoxy groups -OCH3 is 2. The lowest BCUT2D eigenvalue weighted by molar-refractivity contribution is 0.0263. The van der Waals surface area contributed by atoms with Crippen LogP contribution in [-0.2, 0) is 39.9 Å². The van der Waals surface area contributed by atoms with E-state index in [-0.39, 0.29) is 17.4 Å². The first-order valence-electron chi connectivity index (χ1n) is 16.9. The summed E-state index contributed by atoms with van der Waals surface area (Å²) in [6.07, 6.45) is 5.28. The van der Waals surface area contributed by atoms with Gasteiger partial charge in [0.25, 0.3) is 5.91 Å². The Hall–Kier alpha value is -3.72. The number of aliphatic imine (C=N–C) groups is 1. The molecule has 0 spiro atoms. The SMILES string of the molecule is CCc1cc(CCc2cc3c(cc2OC)C(=O)N2c4ccccc4C[C@H]2C=N3)cc(N(CCOCCOCCOC)CC(C)(C)C)c1. The number of fused-ring (bicyclic) bond motifs is 4. The van der Waals surface area contributed by atoms with E-state index in [0.717, 1.165) is 55.8 Å².